The second kappa shape index (κ2) is 9.99. The molecule has 4 heteroatoms. The number of hydrogen-bond acceptors (Lipinski definition) is 4. The normalized spacial score (nSPS) is 52.1. The van der Waals surface area contributed by atoms with Crippen LogP contribution >= 0.6 is 0 Å². The van der Waals surface area contributed by atoms with E-state index in [1.165, 1.54) is 64.3 Å². The van der Waals surface area contributed by atoms with E-state index in [4.69, 9.17) is 9.47 Å². The third-order valence-electron chi connectivity index (χ3n) is 14.1. The fraction of sp³-hybridized carbons (Fsp3) is 1.00. The second-order valence-electron chi connectivity index (χ2n) is 15.3. The lowest BCUT2D eigenvalue weighted by Gasteiger charge is -2.73. The Hall–Kier alpha value is -0.160. The van der Waals surface area contributed by atoms with Gasteiger partial charge in [-0.25, -0.2) is 0 Å². The summed E-state index contributed by atoms with van der Waals surface area (Å²) in [7, 11) is 1.86. The Kier molecular flexibility index (Phi) is 7.02. The molecule has 0 amide bonds. The first-order valence-corrected chi connectivity index (χ1v) is 17.1. The molecule has 5 aliphatic carbocycles. The van der Waals surface area contributed by atoms with Crippen LogP contribution in [0.5, 0.6) is 0 Å². The molecule has 2 heterocycles. The van der Waals surface area contributed by atoms with Crippen molar-refractivity contribution >= 4 is 0 Å². The van der Waals surface area contributed by atoms with Crippen molar-refractivity contribution in [2.75, 3.05) is 13.7 Å². The maximum absolute atomic E-state index is 7.45. The van der Waals surface area contributed by atoms with E-state index in [0.29, 0.717) is 12.1 Å². The molecule has 7 fully saturated rings. The van der Waals surface area contributed by atoms with E-state index in [0.717, 1.165) is 71.8 Å². The van der Waals surface area contributed by atoms with Crippen molar-refractivity contribution in [3.05, 3.63) is 0 Å². The lowest BCUT2D eigenvalue weighted by Crippen LogP contribution is -2.75. The number of ether oxygens (including phenoxy) is 2. The highest BCUT2D eigenvalue weighted by Crippen LogP contribution is 2.73. The molecule has 216 valence electrons. The fourth-order valence-corrected chi connectivity index (χ4v) is 13.1. The van der Waals surface area contributed by atoms with Crippen LogP contribution in [0.3, 0.4) is 0 Å². The van der Waals surface area contributed by atoms with Crippen LogP contribution in [0.15, 0.2) is 0 Å². The summed E-state index contributed by atoms with van der Waals surface area (Å²) in [6.07, 6.45) is 16.2. The Morgan fingerprint density at radius 3 is 2.18 bits per heavy atom. The summed E-state index contributed by atoms with van der Waals surface area (Å²) in [6.45, 7) is 13.3. The number of fused-ring (bicyclic) bond motifs is 6. The molecule has 0 radical (unpaired) electrons. The Bertz CT molecular complexity index is 859. The first-order chi connectivity index (χ1) is 18.4. The number of nitrogens with one attached hydrogen (secondary N) is 1. The van der Waals surface area contributed by atoms with Crippen molar-refractivity contribution < 1.29 is 9.47 Å². The van der Waals surface area contributed by atoms with Gasteiger partial charge in [0.1, 0.15) is 0 Å². The summed E-state index contributed by atoms with van der Waals surface area (Å²) >= 11 is 0. The van der Waals surface area contributed by atoms with Gasteiger partial charge in [-0.3, -0.25) is 4.90 Å². The molecule has 38 heavy (non-hydrogen) atoms. The molecule has 7 rings (SSSR count). The summed E-state index contributed by atoms with van der Waals surface area (Å²) in [5.74, 6) is 8.61. The quantitative estimate of drug-likeness (QED) is 0.409. The smallest absolute Gasteiger partial charge is 0.0793 e. The van der Waals surface area contributed by atoms with Gasteiger partial charge >= 0.3 is 0 Å². The highest BCUT2D eigenvalue weighted by Gasteiger charge is 2.72. The molecule has 1 N–H and O–H groups in total. The van der Waals surface area contributed by atoms with Gasteiger partial charge in [0.2, 0.25) is 0 Å². The Balaban J connectivity index is 1.35. The van der Waals surface area contributed by atoms with Crippen molar-refractivity contribution in [1.82, 2.24) is 10.2 Å². The van der Waals surface area contributed by atoms with E-state index in [1.807, 2.05) is 7.11 Å². The lowest BCUT2D eigenvalue weighted by molar-refractivity contribution is -0.269. The average Bonchev–Trinajstić information content (AvgIpc) is 3.16. The number of rotatable bonds is 7. The maximum Gasteiger partial charge on any atom is 0.0793 e. The molecule has 7 aliphatic rings. The monoisotopic (exact) mass is 526 g/mol. The first kappa shape index (κ1) is 26.7. The molecule has 0 spiro atoms. The molecule has 2 saturated heterocycles. The summed E-state index contributed by atoms with van der Waals surface area (Å²) in [5, 5.41) is 4.29. The largest absolute Gasteiger partial charge is 0.382 e. The van der Waals surface area contributed by atoms with Gasteiger partial charge in [0.15, 0.2) is 0 Å². The summed E-state index contributed by atoms with van der Waals surface area (Å²) in [5.41, 5.74) is 0.154. The van der Waals surface area contributed by atoms with Crippen LogP contribution in [0.1, 0.15) is 105 Å². The molecule has 15 unspecified atom stereocenters. The van der Waals surface area contributed by atoms with Crippen molar-refractivity contribution in [2.24, 2.45) is 53.3 Å². The van der Waals surface area contributed by atoms with Gasteiger partial charge < -0.3 is 14.8 Å². The second-order valence-corrected chi connectivity index (χ2v) is 15.3. The number of nitrogens with zero attached hydrogens (tertiary/aromatic N) is 1. The van der Waals surface area contributed by atoms with E-state index < -0.39 is 0 Å². The van der Waals surface area contributed by atoms with Gasteiger partial charge in [0.05, 0.1) is 18.3 Å². The van der Waals surface area contributed by atoms with Crippen LogP contribution in [0.2, 0.25) is 0 Å². The molecule has 5 saturated carbocycles. The fourth-order valence-electron chi connectivity index (χ4n) is 13.1. The van der Waals surface area contributed by atoms with Gasteiger partial charge in [-0.2, -0.15) is 0 Å². The third-order valence-corrected chi connectivity index (χ3v) is 14.1. The highest BCUT2D eigenvalue weighted by atomic mass is 16.5. The SMILES string of the molecule is CCC1(CC)C(OC(C)CC(C)OC)C2CCCC3C4C5CCCCC5C5C6CC(C5C4C32)N1CC(C)N6. The van der Waals surface area contributed by atoms with E-state index in [-0.39, 0.29) is 17.7 Å². The van der Waals surface area contributed by atoms with Gasteiger partial charge in [-0.05, 0) is 125 Å². The lowest BCUT2D eigenvalue weighted by atomic mass is 9.35. The third kappa shape index (κ3) is 3.67. The Morgan fingerprint density at radius 1 is 0.816 bits per heavy atom. The van der Waals surface area contributed by atoms with Crippen molar-refractivity contribution in [3.63, 3.8) is 0 Å². The van der Waals surface area contributed by atoms with Gasteiger partial charge in [-0.1, -0.05) is 33.1 Å². The zero-order valence-corrected chi connectivity index (χ0v) is 25.4. The molecule has 15 atom stereocenters. The molecule has 0 aromatic heterocycles. The summed E-state index contributed by atoms with van der Waals surface area (Å²) < 4.78 is 13.2. The van der Waals surface area contributed by atoms with Crippen molar-refractivity contribution in [2.45, 2.75) is 147 Å². The molecule has 2 aliphatic heterocycles. The zero-order chi connectivity index (χ0) is 26.3. The van der Waals surface area contributed by atoms with Crippen LogP contribution in [-0.2, 0) is 9.47 Å². The minimum absolute atomic E-state index is 0.154. The summed E-state index contributed by atoms with van der Waals surface area (Å²) in [4.78, 5) is 3.14. The minimum Gasteiger partial charge on any atom is -0.382 e. The van der Waals surface area contributed by atoms with Crippen LogP contribution in [0, 0.1) is 53.3 Å². The van der Waals surface area contributed by atoms with Crippen LogP contribution in [-0.4, -0.2) is 60.5 Å². The number of hydrogen-bond donors (Lipinski definition) is 1. The average molecular weight is 527 g/mol. The van der Waals surface area contributed by atoms with Gasteiger partial charge in [0, 0.05) is 37.3 Å². The van der Waals surface area contributed by atoms with Gasteiger partial charge in [0.25, 0.3) is 0 Å². The zero-order valence-electron chi connectivity index (χ0n) is 25.4. The molecule has 4 nitrogen and oxygen atoms in total. The molecule has 0 aromatic rings. The van der Waals surface area contributed by atoms with Crippen LogP contribution < -0.4 is 5.32 Å². The highest BCUT2D eigenvalue weighted by molar-refractivity contribution is 5.23. The minimum atomic E-state index is 0.154. The Labute approximate surface area is 233 Å². The maximum atomic E-state index is 7.45. The standard InChI is InChI=1S/C34H58N2O2/c1-7-34(8-2)33(38-21(5)16-20(4)37-6)25-15-11-14-24-28-22-12-9-10-13-23(22)30-26-17-27(31(30)32(28)29(24)25)36(34)18-19(3)35-26/h19-33,35H,7-18H2,1-6H3. The van der Waals surface area contributed by atoms with Crippen LogP contribution in [0.4, 0.5) is 0 Å². The van der Waals surface area contributed by atoms with E-state index in [1.54, 1.807) is 6.42 Å². The van der Waals surface area contributed by atoms with E-state index in [9.17, 15) is 0 Å². The summed E-state index contributed by atoms with van der Waals surface area (Å²) in [6, 6.07) is 2.09. The Morgan fingerprint density at radius 2 is 1.47 bits per heavy atom. The topological polar surface area (TPSA) is 33.7 Å². The van der Waals surface area contributed by atoms with Crippen molar-refractivity contribution in [3.8, 4) is 0 Å². The van der Waals surface area contributed by atoms with E-state index >= 15 is 0 Å². The predicted octanol–water partition coefficient (Wildman–Crippen LogP) is 6.52. The predicted molar refractivity (Wildman–Crippen MR) is 154 cm³/mol. The molecular weight excluding hydrogens is 468 g/mol. The first-order valence-electron chi connectivity index (χ1n) is 17.1. The molecule has 0 aromatic carbocycles. The molecule has 2 bridgehead atoms. The number of methoxy groups -OCH3 is 1. The van der Waals surface area contributed by atoms with E-state index in [2.05, 4.69) is 44.8 Å². The van der Waals surface area contributed by atoms with Crippen LogP contribution in [0.25, 0.3) is 0 Å². The van der Waals surface area contributed by atoms with Gasteiger partial charge in [-0.15, -0.1) is 0 Å². The molecular formula is C34H58N2O2. The van der Waals surface area contributed by atoms with Crippen molar-refractivity contribution in [1.29, 1.82) is 0 Å².